The van der Waals surface area contributed by atoms with Gasteiger partial charge in [-0.3, -0.25) is 9.62 Å². The van der Waals surface area contributed by atoms with Crippen molar-refractivity contribution in [3.63, 3.8) is 0 Å². The maximum absolute atomic E-state index is 12.7. The molecule has 1 aromatic carbocycles. The molecule has 2 aliphatic rings. The SMILES string of the molecule is Cc1cc(S(=O)(=O)Nc2cscn2)ncc1N(C)[C@@H]1[C@@H]2CC[C@H]1CN(Cc1ccccc1)C2.O=C(O)C(F)(F)F. The van der Waals surface area contributed by atoms with Crippen LogP contribution in [0.3, 0.4) is 0 Å². The van der Waals surface area contributed by atoms with Crippen LogP contribution >= 0.6 is 11.3 Å². The second kappa shape index (κ2) is 12.1. The number of anilines is 2. The van der Waals surface area contributed by atoms with E-state index < -0.39 is 22.2 Å². The van der Waals surface area contributed by atoms with E-state index in [-0.39, 0.29) is 5.03 Å². The Morgan fingerprint density at radius 1 is 1.18 bits per heavy atom. The third-order valence-corrected chi connectivity index (χ3v) is 9.02. The van der Waals surface area contributed by atoms with Gasteiger partial charge in [0, 0.05) is 38.1 Å². The van der Waals surface area contributed by atoms with Gasteiger partial charge in [-0.2, -0.15) is 21.6 Å². The molecule has 0 amide bonds. The molecule has 2 aromatic heterocycles. The minimum atomic E-state index is -5.08. The van der Waals surface area contributed by atoms with E-state index >= 15 is 0 Å². The van der Waals surface area contributed by atoms with Crippen molar-refractivity contribution in [1.29, 1.82) is 0 Å². The number of carbonyl (C=O) groups is 1. The van der Waals surface area contributed by atoms with Gasteiger partial charge in [0.15, 0.2) is 10.8 Å². The van der Waals surface area contributed by atoms with Crippen molar-refractivity contribution in [2.24, 2.45) is 11.8 Å². The second-order valence-corrected chi connectivity index (χ2v) is 12.3. The van der Waals surface area contributed by atoms with E-state index in [1.165, 1.54) is 29.7 Å². The van der Waals surface area contributed by atoms with Crippen LogP contribution in [0, 0.1) is 18.8 Å². The summed E-state index contributed by atoms with van der Waals surface area (Å²) in [4.78, 5) is 22.2. The smallest absolute Gasteiger partial charge is 0.475 e. The average Bonchev–Trinajstić information content (AvgIpc) is 3.49. The van der Waals surface area contributed by atoms with Crippen LogP contribution in [0.2, 0.25) is 0 Å². The van der Waals surface area contributed by atoms with Crippen molar-refractivity contribution < 1.29 is 31.5 Å². The molecule has 3 atom stereocenters. The summed E-state index contributed by atoms with van der Waals surface area (Å²) in [5, 5.41) is 8.80. The van der Waals surface area contributed by atoms with Crippen molar-refractivity contribution in [3.8, 4) is 0 Å². The number of likely N-dealkylation sites (tertiary alicyclic amines) is 1. The van der Waals surface area contributed by atoms with Gasteiger partial charge in [0.1, 0.15) is 0 Å². The number of piperidine rings is 1. The highest BCUT2D eigenvalue weighted by Gasteiger charge is 2.44. The number of nitrogens with one attached hydrogen (secondary N) is 1. The highest BCUT2D eigenvalue weighted by atomic mass is 32.2. The van der Waals surface area contributed by atoms with E-state index in [1.807, 2.05) is 6.92 Å². The van der Waals surface area contributed by atoms with E-state index in [1.54, 1.807) is 23.2 Å². The average molecular weight is 598 g/mol. The van der Waals surface area contributed by atoms with Crippen molar-refractivity contribution in [1.82, 2.24) is 14.9 Å². The lowest BCUT2D eigenvalue weighted by Crippen LogP contribution is -2.51. The molecule has 2 bridgehead atoms. The van der Waals surface area contributed by atoms with Gasteiger partial charge in [-0.25, -0.2) is 14.8 Å². The van der Waals surface area contributed by atoms with Gasteiger partial charge in [-0.15, -0.1) is 11.3 Å². The van der Waals surface area contributed by atoms with Gasteiger partial charge in [0.25, 0.3) is 10.0 Å². The Morgan fingerprint density at radius 3 is 2.33 bits per heavy atom. The van der Waals surface area contributed by atoms with Crippen molar-refractivity contribution in [2.75, 3.05) is 29.8 Å². The van der Waals surface area contributed by atoms with Crippen molar-refractivity contribution in [2.45, 2.75) is 43.6 Å². The van der Waals surface area contributed by atoms with E-state index in [4.69, 9.17) is 9.90 Å². The molecule has 0 unspecified atom stereocenters. The topological polar surface area (TPSA) is 116 Å². The zero-order chi connectivity index (χ0) is 29.1. The number of alkyl halides is 3. The minimum Gasteiger partial charge on any atom is -0.475 e. The fraction of sp³-hybridized carbons (Fsp3) is 0.423. The molecule has 1 saturated heterocycles. The molecular formula is C26H30F3N5O4S2. The Morgan fingerprint density at radius 2 is 1.80 bits per heavy atom. The molecule has 0 spiro atoms. The molecule has 1 aliphatic carbocycles. The predicted octanol–water partition coefficient (Wildman–Crippen LogP) is 4.63. The number of thiazole rings is 1. The number of aromatic nitrogens is 2. The van der Waals surface area contributed by atoms with E-state index in [0.717, 1.165) is 30.9 Å². The number of rotatable bonds is 7. The first-order valence-corrected chi connectivity index (χ1v) is 14.9. The normalized spacial score (nSPS) is 20.9. The second-order valence-electron chi connectivity index (χ2n) is 9.97. The molecule has 2 N–H and O–H groups in total. The van der Waals surface area contributed by atoms with Crippen LogP contribution in [-0.2, 0) is 21.4 Å². The number of benzene rings is 1. The van der Waals surface area contributed by atoms with Gasteiger partial charge < -0.3 is 10.0 Å². The number of sulfonamides is 1. The fourth-order valence-electron chi connectivity index (χ4n) is 5.55. The zero-order valence-corrected chi connectivity index (χ0v) is 23.5. The third kappa shape index (κ3) is 7.09. The number of fused-ring (bicyclic) bond motifs is 2. The van der Waals surface area contributed by atoms with Crippen LogP contribution in [0.15, 0.2) is 58.5 Å². The third-order valence-electron chi connectivity index (χ3n) is 7.18. The Balaban J connectivity index is 0.000000470. The van der Waals surface area contributed by atoms with Crippen LogP contribution in [-0.4, -0.2) is 66.7 Å². The number of nitrogens with zero attached hydrogens (tertiary/aromatic N) is 4. The lowest BCUT2D eigenvalue weighted by molar-refractivity contribution is -0.192. The summed E-state index contributed by atoms with van der Waals surface area (Å²) in [5.74, 6) is -1.23. The fourth-order valence-corrected chi connectivity index (χ4v) is 7.12. The van der Waals surface area contributed by atoms with Gasteiger partial charge >= 0.3 is 12.1 Å². The van der Waals surface area contributed by atoms with Gasteiger partial charge in [-0.1, -0.05) is 30.3 Å². The predicted molar refractivity (Wildman–Crippen MR) is 146 cm³/mol. The summed E-state index contributed by atoms with van der Waals surface area (Å²) >= 11 is 1.34. The lowest BCUT2D eigenvalue weighted by atomic mass is 9.90. The number of aliphatic carboxylic acids is 1. The first-order chi connectivity index (χ1) is 18.8. The van der Waals surface area contributed by atoms with Gasteiger partial charge in [0.05, 0.1) is 17.4 Å². The van der Waals surface area contributed by atoms with Crippen molar-refractivity contribution in [3.05, 3.63) is 64.6 Å². The number of pyridine rings is 1. The zero-order valence-electron chi connectivity index (χ0n) is 21.9. The summed E-state index contributed by atoms with van der Waals surface area (Å²) in [6.45, 7) is 5.15. The first kappa shape index (κ1) is 29.7. The molecule has 2 fully saturated rings. The highest BCUT2D eigenvalue weighted by molar-refractivity contribution is 7.92. The molecule has 5 rings (SSSR count). The Labute approximate surface area is 234 Å². The van der Waals surface area contributed by atoms with Crippen LogP contribution in [0.1, 0.15) is 24.0 Å². The minimum absolute atomic E-state index is 0.0193. The number of hydrogen-bond acceptors (Lipinski definition) is 8. The number of carboxylic acid groups (broad SMARTS) is 1. The quantitative estimate of drug-likeness (QED) is 0.405. The monoisotopic (exact) mass is 597 g/mol. The molecule has 3 heterocycles. The Bertz CT molecular complexity index is 1390. The number of halogens is 3. The van der Waals surface area contributed by atoms with E-state index in [0.29, 0.717) is 23.7 Å². The summed E-state index contributed by atoms with van der Waals surface area (Å²) in [5.41, 5.74) is 4.87. The molecule has 14 heteroatoms. The van der Waals surface area contributed by atoms with Gasteiger partial charge in [0.2, 0.25) is 0 Å². The Kier molecular flexibility index (Phi) is 9.00. The summed E-state index contributed by atoms with van der Waals surface area (Å²) in [6.07, 6.45) is -0.899. The molecule has 1 aliphatic heterocycles. The van der Waals surface area contributed by atoms with Crippen LogP contribution < -0.4 is 9.62 Å². The van der Waals surface area contributed by atoms with Gasteiger partial charge in [-0.05, 0) is 48.8 Å². The molecule has 0 radical (unpaired) electrons. The standard InChI is InChI=1S/C24H29N5O2S2.C2HF3O2/c1-17-10-23(33(30,31)27-22-15-32-16-26-22)25-11-21(17)28(2)24-19-8-9-20(24)14-29(13-19)12-18-6-4-3-5-7-18;3-2(4,5)1(6)7/h3-7,10-11,15-16,19-20,24,27H,8-9,12-14H2,1-2H3;(H,6,7)/t19-,20+,24-;. The molecule has 40 heavy (non-hydrogen) atoms. The summed E-state index contributed by atoms with van der Waals surface area (Å²) < 4.78 is 59.6. The molecule has 3 aromatic rings. The molecular weight excluding hydrogens is 567 g/mol. The maximum Gasteiger partial charge on any atom is 0.490 e. The van der Waals surface area contributed by atoms with Crippen LogP contribution in [0.5, 0.6) is 0 Å². The maximum atomic E-state index is 12.7. The lowest BCUT2D eigenvalue weighted by Gasteiger charge is -2.43. The molecule has 9 nitrogen and oxygen atoms in total. The first-order valence-electron chi connectivity index (χ1n) is 12.5. The number of carboxylic acids is 1. The largest absolute Gasteiger partial charge is 0.490 e. The highest BCUT2D eigenvalue weighted by Crippen LogP contribution is 2.42. The van der Waals surface area contributed by atoms with E-state index in [2.05, 4.69) is 61.9 Å². The summed E-state index contributed by atoms with van der Waals surface area (Å²) in [6, 6.07) is 12.8. The van der Waals surface area contributed by atoms with Crippen molar-refractivity contribution >= 4 is 38.8 Å². The van der Waals surface area contributed by atoms with Crippen LogP contribution in [0.4, 0.5) is 24.7 Å². The molecule has 1 saturated carbocycles. The molecule has 216 valence electrons. The number of aryl methyl sites for hydroxylation is 1. The van der Waals surface area contributed by atoms with Crippen LogP contribution in [0.25, 0.3) is 0 Å². The van der Waals surface area contributed by atoms with E-state index in [9.17, 15) is 21.6 Å². The number of hydrogen-bond donors (Lipinski definition) is 2. The Hall–Kier alpha value is -3.23. The summed E-state index contributed by atoms with van der Waals surface area (Å²) in [7, 11) is -1.63.